The topological polar surface area (TPSA) is 108 Å². The van der Waals surface area contributed by atoms with E-state index in [4.69, 9.17) is 9.05 Å². The molecule has 0 aromatic carbocycles. The van der Waals surface area contributed by atoms with Gasteiger partial charge in [-0.05, 0) is 32.1 Å². The minimum Gasteiger partial charge on any atom is -0.756 e. The monoisotopic (exact) mass is 534 g/mol. The smallest absolute Gasteiger partial charge is 0.268 e. The number of carbonyl (C=O) groups is 1. The molecule has 0 radical (unpaired) electrons. The Morgan fingerprint density at radius 2 is 1.58 bits per heavy atom. The molecule has 0 aromatic heterocycles. The second-order valence-electron chi connectivity index (χ2n) is 10.7. The number of unbranched alkanes of at least 4 members (excludes halogenated alkanes) is 9. The fourth-order valence-electron chi connectivity index (χ4n) is 3.63. The predicted molar refractivity (Wildman–Crippen MR) is 145 cm³/mol. The van der Waals surface area contributed by atoms with Crippen molar-refractivity contribution in [3.63, 3.8) is 0 Å². The van der Waals surface area contributed by atoms with Crippen LogP contribution in [0, 0.1) is 0 Å². The Balaban J connectivity index is 4.52. The minimum atomic E-state index is -4.53. The van der Waals surface area contributed by atoms with Gasteiger partial charge in [0.1, 0.15) is 13.2 Å². The lowest BCUT2D eigenvalue weighted by atomic mass is 10.0. The van der Waals surface area contributed by atoms with E-state index in [0.29, 0.717) is 23.9 Å². The summed E-state index contributed by atoms with van der Waals surface area (Å²) >= 11 is 0. The van der Waals surface area contributed by atoms with E-state index in [1.165, 1.54) is 12.8 Å². The summed E-state index contributed by atoms with van der Waals surface area (Å²) in [6.07, 6.45) is 17.0. The van der Waals surface area contributed by atoms with Crippen LogP contribution in [0.15, 0.2) is 12.2 Å². The number of quaternary nitrogens is 1. The third kappa shape index (κ3) is 22.4. The maximum Gasteiger partial charge on any atom is 0.268 e. The van der Waals surface area contributed by atoms with Crippen molar-refractivity contribution in [2.24, 2.45) is 0 Å². The summed E-state index contributed by atoms with van der Waals surface area (Å²) in [5.74, 6) is -0.189. The summed E-state index contributed by atoms with van der Waals surface area (Å²) in [6, 6.07) is -0.793. The Hall–Kier alpha value is -0.760. The average Bonchev–Trinajstić information content (AvgIpc) is 2.79. The molecule has 0 aliphatic heterocycles. The number of aliphatic hydroxyl groups is 1. The van der Waals surface area contributed by atoms with Crippen LogP contribution in [0.5, 0.6) is 0 Å². The first-order valence-corrected chi connectivity index (χ1v) is 15.5. The molecule has 0 heterocycles. The Morgan fingerprint density at radius 1 is 0.944 bits per heavy atom. The summed E-state index contributed by atoms with van der Waals surface area (Å²) < 4.78 is 22.7. The second kappa shape index (κ2) is 21.2. The molecule has 0 spiro atoms. The largest absolute Gasteiger partial charge is 0.756 e. The molecule has 8 nitrogen and oxygen atoms in total. The molecule has 3 unspecified atom stereocenters. The predicted octanol–water partition coefficient (Wildman–Crippen LogP) is 5.10. The van der Waals surface area contributed by atoms with E-state index in [-0.39, 0.29) is 19.1 Å². The summed E-state index contributed by atoms with van der Waals surface area (Å²) in [6.45, 7) is 4.47. The van der Waals surface area contributed by atoms with E-state index in [1.807, 2.05) is 21.1 Å². The zero-order chi connectivity index (χ0) is 27.3. The Morgan fingerprint density at radius 3 is 2.25 bits per heavy atom. The fourth-order valence-corrected chi connectivity index (χ4v) is 4.35. The first-order chi connectivity index (χ1) is 17.0. The van der Waals surface area contributed by atoms with Gasteiger partial charge in [-0.2, -0.15) is 0 Å². The molecule has 0 saturated carbocycles. The highest BCUT2D eigenvalue weighted by Crippen LogP contribution is 2.38. The molecule has 2 N–H and O–H groups in total. The Kier molecular flexibility index (Phi) is 20.8. The molecule has 0 aliphatic carbocycles. The zero-order valence-electron chi connectivity index (χ0n) is 23.7. The highest BCUT2D eigenvalue weighted by Gasteiger charge is 2.24. The molecule has 3 atom stereocenters. The van der Waals surface area contributed by atoms with Crippen LogP contribution in [-0.2, 0) is 18.4 Å². The number of likely N-dealkylation sites (N-methyl/N-ethyl adjacent to an activating group) is 1. The molecular formula is C27H55N2O6P. The molecule has 0 bridgehead atoms. The minimum absolute atomic E-state index is 0.00982. The number of carbonyl (C=O) groups excluding carboxylic acids is 1. The summed E-state index contributed by atoms with van der Waals surface area (Å²) in [7, 11) is 1.29. The molecular weight excluding hydrogens is 479 g/mol. The molecule has 214 valence electrons. The molecule has 0 rings (SSSR count). The van der Waals surface area contributed by atoms with Crippen molar-refractivity contribution in [1.29, 1.82) is 0 Å². The molecule has 0 aliphatic rings. The van der Waals surface area contributed by atoms with Crippen molar-refractivity contribution in [1.82, 2.24) is 5.32 Å². The first-order valence-electron chi connectivity index (χ1n) is 14.0. The van der Waals surface area contributed by atoms with Gasteiger partial charge in [-0.1, -0.05) is 77.4 Å². The van der Waals surface area contributed by atoms with Gasteiger partial charge in [-0.25, -0.2) is 0 Å². The third-order valence-electron chi connectivity index (χ3n) is 5.98. The summed E-state index contributed by atoms with van der Waals surface area (Å²) in [5, 5.41) is 13.4. The lowest BCUT2D eigenvalue weighted by molar-refractivity contribution is -0.870. The standard InChI is InChI=1S/C27H55N2O6P/c1-6-8-10-12-13-14-15-16-17-19-21-27(31)28-25(26(30)20-18-11-9-7-2)24-35-36(32,33)34-23-22-29(3,4)5/h10,12,25-26,30H,6-9,11,13-24H2,1-5H3,(H-,28,31,32,33)/b12-10-. The lowest BCUT2D eigenvalue weighted by Gasteiger charge is -2.30. The van der Waals surface area contributed by atoms with Gasteiger partial charge in [0.05, 0.1) is 39.9 Å². The molecule has 9 heteroatoms. The number of allylic oxidation sites excluding steroid dienone is 2. The van der Waals surface area contributed by atoms with E-state index in [0.717, 1.165) is 64.2 Å². The van der Waals surface area contributed by atoms with Gasteiger partial charge in [0.2, 0.25) is 5.91 Å². The van der Waals surface area contributed by atoms with Crippen molar-refractivity contribution in [3.05, 3.63) is 12.2 Å². The third-order valence-corrected chi connectivity index (χ3v) is 6.95. The molecule has 0 aromatic rings. The van der Waals surface area contributed by atoms with E-state index in [1.54, 1.807) is 0 Å². The highest BCUT2D eigenvalue weighted by molar-refractivity contribution is 7.45. The van der Waals surface area contributed by atoms with Crippen molar-refractivity contribution in [3.8, 4) is 0 Å². The molecule has 36 heavy (non-hydrogen) atoms. The van der Waals surface area contributed by atoms with Gasteiger partial charge >= 0.3 is 0 Å². The van der Waals surface area contributed by atoms with Gasteiger partial charge in [0, 0.05) is 6.42 Å². The van der Waals surface area contributed by atoms with Crippen molar-refractivity contribution >= 4 is 13.7 Å². The van der Waals surface area contributed by atoms with Crippen molar-refractivity contribution in [2.45, 2.75) is 116 Å². The number of phosphoric acid groups is 1. The molecule has 0 fully saturated rings. The molecule has 0 saturated heterocycles. The number of aliphatic hydroxyl groups excluding tert-OH is 1. The highest BCUT2D eigenvalue weighted by atomic mass is 31.2. The number of hydrogen-bond acceptors (Lipinski definition) is 6. The second-order valence-corrected chi connectivity index (χ2v) is 12.2. The molecule has 1 amide bonds. The Bertz CT molecular complexity index is 624. The van der Waals surface area contributed by atoms with Crippen LogP contribution < -0.4 is 10.2 Å². The van der Waals surface area contributed by atoms with Crippen molar-refractivity contribution in [2.75, 3.05) is 40.9 Å². The normalized spacial score (nSPS) is 15.6. The van der Waals surface area contributed by atoms with Crippen molar-refractivity contribution < 1.29 is 32.9 Å². The maximum atomic E-state index is 12.5. The first kappa shape index (κ1) is 35.2. The van der Waals surface area contributed by atoms with Crippen LogP contribution in [0.4, 0.5) is 0 Å². The number of nitrogens with one attached hydrogen (secondary N) is 1. The van der Waals surface area contributed by atoms with E-state index < -0.39 is 20.0 Å². The summed E-state index contributed by atoms with van der Waals surface area (Å²) in [4.78, 5) is 24.7. The summed E-state index contributed by atoms with van der Waals surface area (Å²) in [5.41, 5.74) is 0. The fraction of sp³-hybridized carbons (Fsp3) is 0.889. The average molecular weight is 535 g/mol. The van der Waals surface area contributed by atoms with Gasteiger partial charge in [-0.15, -0.1) is 0 Å². The van der Waals surface area contributed by atoms with Gasteiger partial charge < -0.3 is 28.8 Å². The van der Waals surface area contributed by atoms with Gasteiger partial charge in [-0.3, -0.25) is 9.36 Å². The van der Waals surface area contributed by atoms with Crippen LogP contribution in [-0.4, -0.2) is 68.5 Å². The zero-order valence-corrected chi connectivity index (χ0v) is 24.6. The SMILES string of the molecule is CCC/C=C\CCCCCCCC(=O)NC(COP(=O)([O-])OCC[N+](C)(C)C)C(O)CCCCCC. The number of phosphoric ester groups is 1. The van der Waals surface area contributed by atoms with Crippen LogP contribution in [0.25, 0.3) is 0 Å². The van der Waals surface area contributed by atoms with Crippen LogP contribution in [0.1, 0.15) is 104 Å². The maximum absolute atomic E-state index is 12.5. The number of amides is 1. The van der Waals surface area contributed by atoms with E-state index >= 15 is 0 Å². The Labute approximate surface area is 221 Å². The number of hydrogen-bond donors (Lipinski definition) is 2. The van der Waals surface area contributed by atoms with Gasteiger partial charge in [0.25, 0.3) is 7.82 Å². The van der Waals surface area contributed by atoms with Crippen LogP contribution in [0.2, 0.25) is 0 Å². The number of rotatable bonds is 24. The van der Waals surface area contributed by atoms with E-state index in [2.05, 4.69) is 31.3 Å². The van der Waals surface area contributed by atoms with Crippen LogP contribution >= 0.6 is 7.82 Å². The van der Waals surface area contributed by atoms with Crippen LogP contribution in [0.3, 0.4) is 0 Å². The van der Waals surface area contributed by atoms with E-state index in [9.17, 15) is 19.4 Å². The quantitative estimate of drug-likeness (QED) is 0.0772. The lowest BCUT2D eigenvalue weighted by Crippen LogP contribution is -2.46. The van der Waals surface area contributed by atoms with Gasteiger partial charge in [0.15, 0.2) is 0 Å². The number of nitrogens with zero attached hydrogens (tertiary/aromatic N) is 1.